The van der Waals surface area contributed by atoms with E-state index in [9.17, 15) is 0 Å². The van der Waals surface area contributed by atoms with E-state index in [-0.39, 0.29) is 6.04 Å². The molecule has 1 aromatic carbocycles. The fourth-order valence-corrected chi connectivity index (χ4v) is 1.43. The molecule has 0 amide bonds. The third-order valence-corrected chi connectivity index (χ3v) is 2.56. The predicted molar refractivity (Wildman–Crippen MR) is 66.0 cm³/mol. The molecular formula is C13H21NO2. The van der Waals surface area contributed by atoms with E-state index in [1.165, 1.54) is 5.56 Å². The van der Waals surface area contributed by atoms with Crippen LogP contribution in [0.3, 0.4) is 0 Å². The standard InChI is InChI=1S/C13H21NO2/c1-4-11-5-7-13(8-6-11)16-10-12(14-2)9-15-3/h5-8,12,14H,4,9-10H2,1-3H3. The molecule has 0 saturated heterocycles. The van der Waals surface area contributed by atoms with Crippen molar-refractivity contribution in [1.29, 1.82) is 0 Å². The molecule has 0 fully saturated rings. The smallest absolute Gasteiger partial charge is 0.119 e. The largest absolute Gasteiger partial charge is 0.492 e. The van der Waals surface area contributed by atoms with Crippen molar-refractivity contribution in [2.75, 3.05) is 27.4 Å². The van der Waals surface area contributed by atoms with Crippen LogP contribution in [0.5, 0.6) is 5.75 Å². The van der Waals surface area contributed by atoms with Gasteiger partial charge < -0.3 is 14.8 Å². The van der Waals surface area contributed by atoms with Gasteiger partial charge in [0.2, 0.25) is 0 Å². The summed E-state index contributed by atoms with van der Waals surface area (Å²) >= 11 is 0. The number of aryl methyl sites for hydroxylation is 1. The van der Waals surface area contributed by atoms with Crippen LogP contribution in [0, 0.1) is 0 Å². The van der Waals surface area contributed by atoms with Crippen LogP contribution in [0.25, 0.3) is 0 Å². The molecule has 0 bridgehead atoms. The second kappa shape index (κ2) is 7.25. The molecule has 16 heavy (non-hydrogen) atoms. The summed E-state index contributed by atoms with van der Waals surface area (Å²) in [5.41, 5.74) is 1.33. The van der Waals surface area contributed by atoms with Crippen molar-refractivity contribution in [3.63, 3.8) is 0 Å². The number of rotatable bonds is 7. The lowest BCUT2D eigenvalue weighted by Crippen LogP contribution is -2.35. The highest BCUT2D eigenvalue weighted by Crippen LogP contribution is 2.12. The van der Waals surface area contributed by atoms with Crippen LogP contribution < -0.4 is 10.1 Å². The van der Waals surface area contributed by atoms with E-state index in [1.807, 2.05) is 19.2 Å². The Morgan fingerprint density at radius 3 is 2.38 bits per heavy atom. The molecule has 0 saturated carbocycles. The minimum atomic E-state index is 0.232. The summed E-state index contributed by atoms with van der Waals surface area (Å²) < 4.78 is 10.7. The van der Waals surface area contributed by atoms with Gasteiger partial charge in [-0.05, 0) is 31.2 Å². The van der Waals surface area contributed by atoms with Gasteiger partial charge >= 0.3 is 0 Å². The summed E-state index contributed by atoms with van der Waals surface area (Å²) in [6.07, 6.45) is 1.06. The first-order valence-corrected chi connectivity index (χ1v) is 5.68. The number of benzene rings is 1. The van der Waals surface area contributed by atoms with Crippen LogP contribution in [-0.2, 0) is 11.2 Å². The van der Waals surface area contributed by atoms with Crippen molar-refractivity contribution in [1.82, 2.24) is 5.32 Å². The third kappa shape index (κ3) is 4.21. The Hall–Kier alpha value is -1.06. The summed E-state index contributed by atoms with van der Waals surface area (Å²) in [6, 6.07) is 8.45. The van der Waals surface area contributed by atoms with E-state index in [4.69, 9.17) is 9.47 Å². The first-order chi connectivity index (χ1) is 7.80. The van der Waals surface area contributed by atoms with E-state index in [0.717, 1.165) is 12.2 Å². The van der Waals surface area contributed by atoms with Gasteiger partial charge in [0, 0.05) is 7.11 Å². The van der Waals surface area contributed by atoms with Crippen molar-refractivity contribution in [3.8, 4) is 5.75 Å². The average molecular weight is 223 g/mol. The number of hydrogen-bond donors (Lipinski definition) is 1. The highest BCUT2D eigenvalue weighted by molar-refractivity contribution is 5.27. The monoisotopic (exact) mass is 223 g/mol. The second-order valence-corrected chi connectivity index (χ2v) is 3.75. The van der Waals surface area contributed by atoms with Crippen LogP contribution in [0.2, 0.25) is 0 Å². The number of hydrogen-bond acceptors (Lipinski definition) is 3. The Bertz CT molecular complexity index is 284. The average Bonchev–Trinajstić information content (AvgIpc) is 2.35. The molecule has 3 nitrogen and oxygen atoms in total. The summed E-state index contributed by atoms with van der Waals surface area (Å²) in [6.45, 7) is 3.42. The van der Waals surface area contributed by atoms with Gasteiger partial charge in [-0.3, -0.25) is 0 Å². The van der Waals surface area contributed by atoms with Crippen LogP contribution in [0.15, 0.2) is 24.3 Å². The molecule has 1 unspecified atom stereocenters. The first-order valence-electron chi connectivity index (χ1n) is 5.68. The summed E-state index contributed by atoms with van der Waals surface area (Å²) in [5.74, 6) is 0.911. The molecule has 0 aliphatic heterocycles. The van der Waals surface area contributed by atoms with Gasteiger partial charge in [0.1, 0.15) is 12.4 Å². The van der Waals surface area contributed by atoms with E-state index in [1.54, 1.807) is 7.11 Å². The fraction of sp³-hybridized carbons (Fsp3) is 0.538. The third-order valence-electron chi connectivity index (χ3n) is 2.56. The summed E-state index contributed by atoms with van der Waals surface area (Å²) in [4.78, 5) is 0. The minimum Gasteiger partial charge on any atom is -0.492 e. The molecule has 0 heterocycles. The predicted octanol–water partition coefficient (Wildman–Crippen LogP) is 1.86. The Kier molecular flexibility index (Phi) is 5.90. The van der Waals surface area contributed by atoms with E-state index < -0.39 is 0 Å². The quantitative estimate of drug-likeness (QED) is 0.765. The van der Waals surface area contributed by atoms with E-state index in [2.05, 4.69) is 24.4 Å². The Morgan fingerprint density at radius 1 is 1.19 bits per heavy atom. The van der Waals surface area contributed by atoms with Gasteiger partial charge in [0.05, 0.1) is 12.6 Å². The molecule has 1 aromatic rings. The van der Waals surface area contributed by atoms with Crippen LogP contribution >= 0.6 is 0 Å². The molecule has 0 radical (unpaired) electrons. The van der Waals surface area contributed by atoms with Gasteiger partial charge in [-0.15, -0.1) is 0 Å². The maximum atomic E-state index is 5.67. The second-order valence-electron chi connectivity index (χ2n) is 3.75. The zero-order chi connectivity index (χ0) is 11.8. The lowest BCUT2D eigenvalue weighted by atomic mass is 10.2. The van der Waals surface area contributed by atoms with E-state index in [0.29, 0.717) is 13.2 Å². The molecule has 3 heteroatoms. The zero-order valence-corrected chi connectivity index (χ0v) is 10.3. The number of ether oxygens (including phenoxy) is 2. The number of nitrogens with one attached hydrogen (secondary N) is 1. The topological polar surface area (TPSA) is 30.5 Å². The van der Waals surface area contributed by atoms with Gasteiger partial charge in [0.25, 0.3) is 0 Å². The molecule has 1 atom stereocenters. The number of likely N-dealkylation sites (N-methyl/N-ethyl adjacent to an activating group) is 1. The highest BCUT2D eigenvalue weighted by Gasteiger charge is 2.05. The summed E-state index contributed by atoms with van der Waals surface area (Å²) in [5, 5.41) is 3.15. The molecule has 0 aliphatic rings. The molecule has 90 valence electrons. The molecule has 0 spiro atoms. The molecular weight excluding hydrogens is 202 g/mol. The highest BCUT2D eigenvalue weighted by atomic mass is 16.5. The van der Waals surface area contributed by atoms with Crippen molar-refractivity contribution in [2.24, 2.45) is 0 Å². The SMILES string of the molecule is CCc1ccc(OCC(COC)NC)cc1. The Balaban J connectivity index is 2.40. The lowest BCUT2D eigenvalue weighted by molar-refractivity contribution is 0.140. The van der Waals surface area contributed by atoms with Crippen LogP contribution in [-0.4, -0.2) is 33.4 Å². The fourth-order valence-electron chi connectivity index (χ4n) is 1.43. The van der Waals surface area contributed by atoms with Crippen molar-refractivity contribution >= 4 is 0 Å². The van der Waals surface area contributed by atoms with Crippen LogP contribution in [0.1, 0.15) is 12.5 Å². The molecule has 1 N–H and O–H groups in total. The normalized spacial score (nSPS) is 12.4. The van der Waals surface area contributed by atoms with Gasteiger partial charge in [-0.25, -0.2) is 0 Å². The minimum absolute atomic E-state index is 0.232. The van der Waals surface area contributed by atoms with Gasteiger partial charge in [-0.2, -0.15) is 0 Å². The maximum absolute atomic E-state index is 5.67. The van der Waals surface area contributed by atoms with Crippen molar-refractivity contribution in [3.05, 3.63) is 29.8 Å². The summed E-state index contributed by atoms with van der Waals surface area (Å²) in [7, 11) is 3.60. The van der Waals surface area contributed by atoms with Crippen molar-refractivity contribution < 1.29 is 9.47 Å². The zero-order valence-electron chi connectivity index (χ0n) is 10.3. The molecule has 1 rings (SSSR count). The molecule has 0 aromatic heterocycles. The maximum Gasteiger partial charge on any atom is 0.119 e. The molecule has 0 aliphatic carbocycles. The van der Waals surface area contributed by atoms with Crippen molar-refractivity contribution in [2.45, 2.75) is 19.4 Å². The number of methoxy groups -OCH3 is 1. The Morgan fingerprint density at radius 2 is 1.88 bits per heavy atom. The van der Waals surface area contributed by atoms with Crippen LogP contribution in [0.4, 0.5) is 0 Å². The van der Waals surface area contributed by atoms with Gasteiger partial charge in [0.15, 0.2) is 0 Å². The Labute approximate surface area is 97.8 Å². The van der Waals surface area contributed by atoms with E-state index >= 15 is 0 Å². The first kappa shape index (κ1) is 13.0. The lowest BCUT2D eigenvalue weighted by Gasteiger charge is -2.16. The van der Waals surface area contributed by atoms with Gasteiger partial charge in [-0.1, -0.05) is 19.1 Å².